The van der Waals surface area contributed by atoms with Crippen molar-refractivity contribution in [1.29, 1.82) is 0 Å². The molecule has 0 saturated carbocycles. The van der Waals surface area contributed by atoms with Gasteiger partial charge in [0.05, 0.1) is 19.7 Å². The highest BCUT2D eigenvalue weighted by molar-refractivity contribution is 7.10. The van der Waals surface area contributed by atoms with Crippen molar-refractivity contribution in [3.8, 4) is 5.75 Å². The first kappa shape index (κ1) is 19.8. The molecule has 0 bridgehead atoms. The van der Waals surface area contributed by atoms with E-state index in [1.54, 1.807) is 17.4 Å². The summed E-state index contributed by atoms with van der Waals surface area (Å²) in [4.78, 5) is 17.9. The van der Waals surface area contributed by atoms with Crippen molar-refractivity contribution < 1.29 is 13.9 Å². The van der Waals surface area contributed by atoms with Crippen molar-refractivity contribution >= 4 is 17.2 Å². The van der Waals surface area contributed by atoms with Gasteiger partial charge in [0.25, 0.3) is 0 Å². The predicted molar refractivity (Wildman–Crippen MR) is 106 cm³/mol. The molecule has 2 heterocycles. The fourth-order valence-corrected chi connectivity index (χ4v) is 4.01. The summed E-state index contributed by atoms with van der Waals surface area (Å²) in [7, 11) is 1.47. The zero-order valence-electron chi connectivity index (χ0n) is 15.8. The number of piperazine rings is 1. The molecule has 5 nitrogen and oxygen atoms in total. The van der Waals surface area contributed by atoms with E-state index in [2.05, 4.69) is 15.1 Å². The Morgan fingerprint density at radius 2 is 2.00 bits per heavy atom. The van der Waals surface area contributed by atoms with E-state index >= 15 is 0 Å². The van der Waals surface area contributed by atoms with Gasteiger partial charge in [-0.3, -0.25) is 14.6 Å². The molecule has 1 saturated heterocycles. The molecule has 1 unspecified atom stereocenters. The molecule has 1 aliphatic rings. The third-order valence-electron chi connectivity index (χ3n) is 4.80. The van der Waals surface area contributed by atoms with Crippen LogP contribution in [-0.4, -0.2) is 55.5 Å². The molecule has 1 amide bonds. The second kappa shape index (κ2) is 9.30. The van der Waals surface area contributed by atoms with E-state index in [1.165, 1.54) is 18.1 Å². The van der Waals surface area contributed by atoms with Crippen molar-refractivity contribution in [1.82, 2.24) is 15.1 Å². The van der Waals surface area contributed by atoms with E-state index in [0.29, 0.717) is 13.1 Å². The summed E-state index contributed by atoms with van der Waals surface area (Å²) in [6, 6.07) is 9.18. The van der Waals surface area contributed by atoms with Crippen molar-refractivity contribution in [2.24, 2.45) is 0 Å². The van der Waals surface area contributed by atoms with Crippen LogP contribution >= 0.6 is 11.3 Å². The third-order valence-corrected chi connectivity index (χ3v) is 5.86. The van der Waals surface area contributed by atoms with Crippen LogP contribution in [0.4, 0.5) is 4.39 Å². The number of nitrogens with zero attached hydrogens (tertiary/aromatic N) is 2. The molecule has 1 aromatic carbocycles. The van der Waals surface area contributed by atoms with Crippen LogP contribution in [0.15, 0.2) is 35.7 Å². The lowest BCUT2D eigenvalue weighted by Gasteiger charge is -2.34. The summed E-state index contributed by atoms with van der Waals surface area (Å²) in [5, 5.41) is 5.08. The molecule has 3 rings (SSSR count). The van der Waals surface area contributed by atoms with Crippen molar-refractivity contribution in [3.63, 3.8) is 0 Å². The summed E-state index contributed by atoms with van der Waals surface area (Å²) in [5.41, 5.74) is 0.935. The number of amides is 1. The Bertz CT molecular complexity index is 746. The molecule has 0 spiro atoms. The first-order valence-electron chi connectivity index (χ1n) is 9.15. The number of benzene rings is 1. The number of rotatable bonds is 7. The van der Waals surface area contributed by atoms with Gasteiger partial charge >= 0.3 is 0 Å². The Balaban J connectivity index is 1.42. The number of thiophene rings is 1. The van der Waals surface area contributed by atoms with Crippen LogP contribution in [-0.2, 0) is 11.3 Å². The molecule has 7 heteroatoms. The van der Waals surface area contributed by atoms with Gasteiger partial charge in [-0.05, 0) is 36.1 Å². The molecule has 146 valence electrons. The molecule has 2 aromatic rings. The van der Waals surface area contributed by atoms with E-state index in [-0.39, 0.29) is 23.5 Å². The summed E-state index contributed by atoms with van der Waals surface area (Å²) in [6.07, 6.45) is 0. The van der Waals surface area contributed by atoms with Gasteiger partial charge in [0.1, 0.15) is 0 Å². The Labute approximate surface area is 163 Å². The first-order valence-corrected chi connectivity index (χ1v) is 10.0. The molecular weight excluding hydrogens is 365 g/mol. The second-order valence-electron chi connectivity index (χ2n) is 6.83. The molecule has 0 radical (unpaired) electrons. The van der Waals surface area contributed by atoms with E-state index < -0.39 is 0 Å². The number of carbonyl (C=O) groups is 1. The number of halogens is 1. The standard InChI is InChI=1S/C20H26FN3O2S/c1-15(19-4-3-11-27-19)22-20(25)14-24-9-7-23(8-10-24)13-16-5-6-18(26-2)17(21)12-16/h3-6,11-12,15H,7-10,13-14H2,1-2H3,(H,22,25). The monoisotopic (exact) mass is 391 g/mol. The largest absolute Gasteiger partial charge is 0.494 e. The Morgan fingerprint density at radius 3 is 2.63 bits per heavy atom. The van der Waals surface area contributed by atoms with E-state index in [0.717, 1.165) is 31.7 Å². The minimum atomic E-state index is -0.329. The van der Waals surface area contributed by atoms with Crippen molar-refractivity contribution in [2.45, 2.75) is 19.5 Å². The fraction of sp³-hybridized carbons (Fsp3) is 0.450. The van der Waals surface area contributed by atoms with Crippen LogP contribution in [0.3, 0.4) is 0 Å². The minimum Gasteiger partial charge on any atom is -0.494 e. The molecule has 27 heavy (non-hydrogen) atoms. The topological polar surface area (TPSA) is 44.8 Å². The fourth-order valence-electron chi connectivity index (χ4n) is 3.27. The van der Waals surface area contributed by atoms with Crippen LogP contribution < -0.4 is 10.1 Å². The average Bonchev–Trinajstić information content (AvgIpc) is 3.18. The lowest BCUT2D eigenvalue weighted by Crippen LogP contribution is -2.49. The van der Waals surface area contributed by atoms with Gasteiger partial charge in [-0.25, -0.2) is 4.39 Å². The Hall–Kier alpha value is -1.96. The highest BCUT2D eigenvalue weighted by Crippen LogP contribution is 2.20. The van der Waals surface area contributed by atoms with Gasteiger partial charge in [0.2, 0.25) is 5.91 Å². The Kier molecular flexibility index (Phi) is 6.82. The van der Waals surface area contributed by atoms with E-state index in [9.17, 15) is 9.18 Å². The summed E-state index contributed by atoms with van der Waals surface area (Å²) in [6.45, 7) is 6.52. The molecule has 1 aliphatic heterocycles. The quantitative estimate of drug-likeness (QED) is 0.788. The van der Waals surface area contributed by atoms with Gasteiger partial charge < -0.3 is 10.1 Å². The minimum absolute atomic E-state index is 0.0451. The zero-order chi connectivity index (χ0) is 19.2. The molecule has 1 N–H and O–H groups in total. The number of carbonyl (C=O) groups excluding carboxylic acids is 1. The summed E-state index contributed by atoms with van der Waals surface area (Å²) < 4.78 is 18.8. The third kappa shape index (κ3) is 5.51. The van der Waals surface area contributed by atoms with Crippen molar-refractivity contribution in [3.05, 3.63) is 52.0 Å². The highest BCUT2D eigenvalue weighted by Gasteiger charge is 2.20. The van der Waals surface area contributed by atoms with Crippen LogP contribution in [0.2, 0.25) is 0 Å². The lowest BCUT2D eigenvalue weighted by atomic mass is 10.2. The van der Waals surface area contributed by atoms with E-state index in [4.69, 9.17) is 4.74 Å². The number of nitrogens with one attached hydrogen (secondary N) is 1. The number of hydrogen-bond acceptors (Lipinski definition) is 5. The van der Waals surface area contributed by atoms with Gasteiger partial charge in [-0.2, -0.15) is 0 Å². The maximum Gasteiger partial charge on any atom is 0.234 e. The first-order chi connectivity index (χ1) is 13.0. The maximum absolute atomic E-state index is 13.8. The number of ether oxygens (including phenoxy) is 1. The molecule has 1 fully saturated rings. The van der Waals surface area contributed by atoms with E-state index in [1.807, 2.05) is 30.5 Å². The second-order valence-corrected chi connectivity index (χ2v) is 7.81. The van der Waals surface area contributed by atoms with Gasteiger partial charge in [-0.1, -0.05) is 12.1 Å². The van der Waals surface area contributed by atoms with Gasteiger partial charge in [-0.15, -0.1) is 11.3 Å². The summed E-state index contributed by atoms with van der Waals surface area (Å²) in [5.74, 6) is -0.00176. The maximum atomic E-state index is 13.8. The molecule has 0 aliphatic carbocycles. The van der Waals surface area contributed by atoms with Gasteiger partial charge in [0, 0.05) is 37.6 Å². The van der Waals surface area contributed by atoms with Crippen LogP contribution in [0.5, 0.6) is 5.75 Å². The molecule has 1 aromatic heterocycles. The van der Waals surface area contributed by atoms with Crippen LogP contribution in [0.1, 0.15) is 23.4 Å². The van der Waals surface area contributed by atoms with Crippen molar-refractivity contribution in [2.75, 3.05) is 39.8 Å². The Morgan fingerprint density at radius 1 is 1.26 bits per heavy atom. The lowest BCUT2D eigenvalue weighted by molar-refractivity contribution is -0.123. The average molecular weight is 392 g/mol. The molecular formula is C20H26FN3O2S. The zero-order valence-corrected chi connectivity index (χ0v) is 16.6. The van der Waals surface area contributed by atoms with Crippen LogP contribution in [0, 0.1) is 5.82 Å². The summed E-state index contributed by atoms with van der Waals surface area (Å²) >= 11 is 1.65. The predicted octanol–water partition coefficient (Wildman–Crippen LogP) is 2.89. The molecule has 1 atom stereocenters. The number of hydrogen-bond donors (Lipinski definition) is 1. The number of methoxy groups -OCH3 is 1. The van der Waals surface area contributed by atoms with Gasteiger partial charge in [0.15, 0.2) is 11.6 Å². The smallest absolute Gasteiger partial charge is 0.234 e. The highest BCUT2D eigenvalue weighted by atomic mass is 32.1. The van der Waals surface area contributed by atoms with Crippen LogP contribution in [0.25, 0.3) is 0 Å². The normalized spacial score (nSPS) is 16.9. The SMILES string of the molecule is COc1ccc(CN2CCN(CC(=O)NC(C)c3cccs3)CC2)cc1F.